The van der Waals surface area contributed by atoms with Crippen LogP contribution in [0.3, 0.4) is 0 Å². The molecule has 17 heteroatoms. The molecule has 3 aromatic rings. The second-order valence-corrected chi connectivity index (χ2v) is 13.1. The predicted octanol–water partition coefficient (Wildman–Crippen LogP) is 4.89. The number of carbonyl (C=O) groups is 2. The molecule has 0 radical (unpaired) electrons. The fourth-order valence-corrected chi connectivity index (χ4v) is 6.90. The Labute approximate surface area is 251 Å². The van der Waals surface area contributed by atoms with Gasteiger partial charge in [0.1, 0.15) is 16.7 Å². The minimum atomic E-state index is -4.52. The fraction of sp³-hybridized carbons (Fsp3) is 0.308. The highest BCUT2D eigenvalue weighted by Crippen LogP contribution is 2.32. The van der Waals surface area contributed by atoms with Gasteiger partial charge in [0, 0.05) is 22.4 Å². The van der Waals surface area contributed by atoms with Crippen molar-refractivity contribution < 1.29 is 40.0 Å². The molecule has 1 saturated heterocycles. The van der Waals surface area contributed by atoms with Crippen LogP contribution in [0.15, 0.2) is 58.8 Å². The molecule has 0 aliphatic carbocycles. The first-order valence-electron chi connectivity index (χ1n) is 12.3. The number of anilines is 1. The van der Waals surface area contributed by atoms with Crippen LogP contribution in [0.1, 0.15) is 33.0 Å². The van der Waals surface area contributed by atoms with Gasteiger partial charge in [-0.15, -0.1) is 23.1 Å². The summed E-state index contributed by atoms with van der Waals surface area (Å²) < 4.78 is 92.5. The van der Waals surface area contributed by atoms with E-state index in [9.17, 15) is 40.0 Å². The van der Waals surface area contributed by atoms with Gasteiger partial charge in [-0.2, -0.15) is 18.4 Å². The molecule has 2 amide bonds. The molecule has 43 heavy (non-hydrogen) atoms. The van der Waals surface area contributed by atoms with Gasteiger partial charge in [-0.1, -0.05) is 12.1 Å². The van der Waals surface area contributed by atoms with Crippen LogP contribution in [-0.2, 0) is 32.5 Å². The van der Waals surface area contributed by atoms with Crippen LogP contribution < -0.4 is 10.0 Å². The van der Waals surface area contributed by atoms with Crippen LogP contribution in [0.5, 0.6) is 0 Å². The molecule has 1 fully saturated rings. The summed E-state index contributed by atoms with van der Waals surface area (Å²) in [4.78, 5) is 30.4. The molecule has 4 rings (SSSR count). The van der Waals surface area contributed by atoms with Gasteiger partial charge in [-0.3, -0.25) is 14.3 Å². The van der Waals surface area contributed by atoms with Crippen molar-refractivity contribution >= 4 is 50.6 Å². The number of nitrogens with one attached hydrogen (secondary N) is 2. The van der Waals surface area contributed by atoms with Crippen LogP contribution in [0.4, 0.5) is 27.6 Å². The van der Waals surface area contributed by atoms with E-state index in [1.165, 1.54) is 40.6 Å². The van der Waals surface area contributed by atoms with Crippen molar-refractivity contribution in [3.05, 3.63) is 75.7 Å². The number of aromatic nitrogens is 1. The SMILES string of the molecule is N#C[C@@H]1CC(F)(F)CN1C(=O)CNC(=O)c1csc(CSc2ccc(NS(=O)(=O)Cc3ccc(C(F)(F)F)cc3)cc2)n1. The van der Waals surface area contributed by atoms with Crippen molar-refractivity contribution in [2.24, 2.45) is 0 Å². The summed E-state index contributed by atoms with van der Waals surface area (Å²) in [5, 5.41) is 13.4. The Kier molecular flexibility index (Phi) is 9.62. The standard InChI is InChI=1S/C26H22F5N5O4S3/c27-25(28)9-19(10-32)36(15-25)23(37)11-33-24(38)21-12-42-22(34-21)13-41-20-7-5-18(6-8-20)35-43(39,40)14-16-1-3-17(4-2-16)26(29,30)31/h1-8,12,19,35H,9,11,13-15H2,(H,33,38)/t19-/m0/s1. The lowest BCUT2D eigenvalue weighted by atomic mass is 10.1. The van der Waals surface area contributed by atoms with Crippen LogP contribution >= 0.6 is 23.1 Å². The Morgan fingerprint density at radius 2 is 1.81 bits per heavy atom. The Bertz CT molecular complexity index is 1620. The lowest BCUT2D eigenvalue weighted by Gasteiger charge is -2.19. The number of benzene rings is 2. The van der Waals surface area contributed by atoms with E-state index in [2.05, 4.69) is 15.0 Å². The van der Waals surface area contributed by atoms with Gasteiger partial charge in [0.25, 0.3) is 11.8 Å². The summed E-state index contributed by atoms with van der Waals surface area (Å²) in [7, 11) is -3.89. The monoisotopic (exact) mass is 659 g/mol. The highest BCUT2D eigenvalue weighted by molar-refractivity contribution is 7.98. The maximum Gasteiger partial charge on any atom is 0.416 e. The zero-order chi connectivity index (χ0) is 31.4. The average Bonchev–Trinajstić information content (AvgIpc) is 3.54. The number of nitrogens with zero attached hydrogens (tertiary/aromatic N) is 3. The maximum absolute atomic E-state index is 13.6. The highest BCUT2D eigenvalue weighted by atomic mass is 32.2. The van der Waals surface area contributed by atoms with E-state index in [1.807, 2.05) is 0 Å². The van der Waals surface area contributed by atoms with Crippen molar-refractivity contribution in [1.29, 1.82) is 5.26 Å². The van der Waals surface area contributed by atoms with Crippen molar-refractivity contribution in [3.63, 3.8) is 0 Å². The number of alkyl halides is 5. The molecule has 0 saturated carbocycles. The third kappa shape index (κ3) is 8.88. The van der Waals surface area contributed by atoms with Gasteiger partial charge in [-0.05, 0) is 42.0 Å². The average molecular weight is 660 g/mol. The van der Waals surface area contributed by atoms with E-state index >= 15 is 0 Å². The van der Waals surface area contributed by atoms with Gasteiger partial charge in [-0.25, -0.2) is 22.2 Å². The number of carbonyl (C=O) groups excluding carboxylic acids is 2. The molecule has 2 aromatic carbocycles. The van der Waals surface area contributed by atoms with E-state index in [1.54, 1.807) is 18.2 Å². The largest absolute Gasteiger partial charge is 0.416 e. The number of halogens is 5. The number of rotatable bonds is 10. The normalized spacial score (nSPS) is 16.5. The summed E-state index contributed by atoms with van der Waals surface area (Å²) in [6.07, 6.45) is -5.27. The molecule has 0 bridgehead atoms. The molecule has 1 aliphatic heterocycles. The third-order valence-electron chi connectivity index (χ3n) is 6.05. The molecule has 9 nitrogen and oxygen atoms in total. The van der Waals surface area contributed by atoms with Crippen molar-refractivity contribution in [2.45, 2.75) is 41.0 Å². The molecule has 2 N–H and O–H groups in total. The zero-order valence-corrected chi connectivity index (χ0v) is 24.3. The number of hydrogen-bond acceptors (Lipinski definition) is 8. The summed E-state index contributed by atoms with van der Waals surface area (Å²) in [5.74, 6) is -4.77. The number of thioether (sulfide) groups is 1. The molecular formula is C26H22F5N5O4S3. The molecule has 228 valence electrons. The van der Waals surface area contributed by atoms with Crippen molar-refractivity contribution in [3.8, 4) is 6.07 Å². The summed E-state index contributed by atoms with van der Waals surface area (Å²) in [6, 6.07) is 10.6. The van der Waals surface area contributed by atoms with Crippen LogP contribution in [0.2, 0.25) is 0 Å². The minimum Gasteiger partial charge on any atom is -0.342 e. The van der Waals surface area contributed by atoms with Crippen molar-refractivity contribution in [2.75, 3.05) is 17.8 Å². The number of hydrogen-bond donors (Lipinski definition) is 2. The number of amides is 2. The van der Waals surface area contributed by atoms with Gasteiger partial charge in [0.05, 0.1) is 36.2 Å². The Morgan fingerprint density at radius 1 is 1.14 bits per heavy atom. The van der Waals surface area contributed by atoms with E-state index in [0.717, 1.165) is 34.1 Å². The predicted molar refractivity (Wildman–Crippen MR) is 149 cm³/mol. The Morgan fingerprint density at radius 3 is 2.44 bits per heavy atom. The Hall–Kier alpha value is -3.75. The lowest BCUT2D eigenvalue weighted by molar-refractivity contribution is -0.137. The summed E-state index contributed by atoms with van der Waals surface area (Å²) >= 11 is 2.54. The fourth-order valence-electron chi connectivity index (χ4n) is 4.01. The van der Waals surface area contributed by atoms with E-state index < -0.39 is 70.8 Å². The topological polar surface area (TPSA) is 132 Å². The molecule has 1 atom stereocenters. The first-order valence-corrected chi connectivity index (χ1v) is 15.8. The van der Waals surface area contributed by atoms with E-state index in [0.29, 0.717) is 10.8 Å². The number of thiazole rings is 1. The summed E-state index contributed by atoms with van der Waals surface area (Å²) in [6.45, 7) is -1.44. The molecule has 0 spiro atoms. The molecular weight excluding hydrogens is 638 g/mol. The van der Waals surface area contributed by atoms with Crippen LogP contribution in [-0.4, -0.2) is 55.2 Å². The summed E-state index contributed by atoms with van der Waals surface area (Å²) in [5.41, 5.74) is -0.379. The first kappa shape index (κ1) is 32.2. The van der Waals surface area contributed by atoms with Crippen molar-refractivity contribution in [1.82, 2.24) is 15.2 Å². The second kappa shape index (κ2) is 12.9. The smallest absolute Gasteiger partial charge is 0.342 e. The van der Waals surface area contributed by atoms with Gasteiger partial charge in [0.15, 0.2) is 0 Å². The minimum absolute atomic E-state index is 0.0368. The molecule has 0 unspecified atom stereocenters. The third-order valence-corrected chi connectivity index (χ3v) is 9.37. The first-order chi connectivity index (χ1) is 20.1. The maximum atomic E-state index is 13.6. The second-order valence-electron chi connectivity index (χ2n) is 9.40. The number of nitriles is 1. The van der Waals surface area contributed by atoms with Gasteiger partial charge >= 0.3 is 6.18 Å². The molecule has 2 heterocycles. The zero-order valence-electron chi connectivity index (χ0n) is 21.9. The molecule has 1 aliphatic rings. The highest BCUT2D eigenvalue weighted by Gasteiger charge is 2.47. The van der Waals surface area contributed by atoms with E-state index in [-0.39, 0.29) is 16.9 Å². The van der Waals surface area contributed by atoms with Crippen LogP contribution in [0, 0.1) is 11.3 Å². The molecule has 1 aromatic heterocycles. The van der Waals surface area contributed by atoms with E-state index in [4.69, 9.17) is 5.26 Å². The Balaban J connectivity index is 1.24. The number of likely N-dealkylation sites (tertiary alicyclic amines) is 1. The van der Waals surface area contributed by atoms with Gasteiger partial charge < -0.3 is 10.2 Å². The van der Waals surface area contributed by atoms with Gasteiger partial charge in [0.2, 0.25) is 15.9 Å². The van der Waals surface area contributed by atoms with Crippen LogP contribution in [0.25, 0.3) is 0 Å². The number of sulfonamides is 1. The lowest BCUT2D eigenvalue weighted by Crippen LogP contribution is -2.43. The quantitative estimate of drug-likeness (QED) is 0.234.